The number of tetrazole rings is 1. The van der Waals surface area contributed by atoms with Gasteiger partial charge in [0.2, 0.25) is 5.91 Å². The van der Waals surface area contributed by atoms with Crippen LogP contribution in [0, 0.1) is 5.41 Å². The van der Waals surface area contributed by atoms with E-state index in [1.165, 1.54) is 0 Å². The largest absolute Gasteiger partial charge is 0.345 e. The molecule has 1 aliphatic rings. The van der Waals surface area contributed by atoms with Crippen LogP contribution in [0.1, 0.15) is 45.5 Å². The van der Waals surface area contributed by atoms with Crippen molar-refractivity contribution in [1.29, 1.82) is 0 Å². The smallest absolute Gasteiger partial charge is 0.238 e. The lowest BCUT2D eigenvalue weighted by Crippen LogP contribution is -2.55. The lowest BCUT2D eigenvalue weighted by Gasteiger charge is -2.38. The van der Waals surface area contributed by atoms with Crippen molar-refractivity contribution in [1.82, 2.24) is 31.3 Å². The molecule has 1 aromatic rings. The highest BCUT2D eigenvalue weighted by Gasteiger charge is 2.37. The highest BCUT2D eigenvalue weighted by Crippen LogP contribution is 2.30. The Kier molecular flexibility index (Phi) is 3.60. The number of hydrogen-bond acceptors (Lipinski definition) is 5. The number of hydrogen-bond donors (Lipinski definition) is 3. The van der Waals surface area contributed by atoms with Crippen LogP contribution in [0.25, 0.3) is 0 Å². The molecule has 7 nitrogen and oxygen atoms in total. The van der Waals surface area contributed by atoms with Crippen molar-refractivity contribution in [2.24, 2.45) is 5.41 Å². The molecule has 0 radical (unpaired) electrons. The van der Waals surface area contributed by atoms with Gasteiger partial charge in [-0.3, -0.25) is 4.79 Å². The van der Waals surface area contributed by atoms with Gasteiger partial charge in [-0.1, -0.05) is 19.1 Å². The van der Waals surface area contributed by atoms with Crippen molar-refractivity contribution in [2.45, 2.75) is 45.7 Å². The fraction of sp³-hybridized carbons (Fsp3) is 0.818. The molecule has 7 heteroatoms. The van der Waals surface area contributed by atoms with Crippen molar-refractivity contribution in [3.8, 4) is 0 Å². The normalized spacial score (nSPS) is 24.5. The van der Waals surface area contributed by atoms with Gasteiger partial charge < -0.3 is 10.6 Å². The monoisotopic (exact) mass is 252 g/mol. The Morgan fingerprint density at radius 2 is 2.33 bits per heavy atom. The number of aromatic amines is 1. The van der Waals surface area contributed by atoms with Crippen LogP contribution in [-0.4, -0.2) is 39.1 Å². The zero-order chi connectivity index (χ0) is 13.2. The number of nitrogens with zero attached hydrogens (tertiary/aromatic N) is 3. The molecular formula is C11H20N6O. The van der Waals surface area contributed by atoms with Crippen LogP contribution < -0.4 is 10.6 Å². The summed E-state index contributed by atoms with van der Waals surface area (Å²) < 4.78 is 0. The molecule has 1 saturated heterocycles. The zero-order valence-electron chi connectivity index (χ0n) is 11.0. The molecule has 1 aromatic heterocycles. The van der Waals surface area contributed by atoms with Crippen molar-refractivity contribution >= 4 is 5.91 Å². The Morgan fingerprint density at radius 1 is 1.56 bits per heavy atom. The lowest BCUT2D eigenvalue weighted by atomic mass is 9.77. The summed E-state index contributed by atoms with van der Waals surface area (Å²) >= 11 is 0. The van der Waals surface area contributed by atoms with Gasteiger partial charge in [0.15, 0.2) is 5.82 Å². The van der Waals surface area contributed by atoms with Crippen LogP contribution in [0.5, 0.6) is 0 Å². The second-order valence-electron chi connectivity index (χ2n) is 5.48. The number of H-pyrrole nitrogens is 1. The van der Waals surface area contributed by atoms with E-state index in [1.807, 2.05) is 6.92 Å². The number of nitrogens with one attached hydrogen (secondary N) is 3. The first-order valence-corrected chi connectivity index (χ1v) is 6.28. The van der Waals surface area contributed by atoms with Gasteiger partial charge in [0.25, 0.3) is 0 Å². The summed E-state index contributed by atoms with van der Waals surface area (Å²) in [4.78, 5) is 12.3. The van der Waals surface area contributed by atoms with Gasteiger partial charge in [-0.2, -0.15) is 5.21 Å². The molecule has 2 heterocycles. The Bertz CT molecular complexity index is 402. The summed E-state index contributed by atoms with van der Waals surface area (Å²) in [5.41, 5.74) is -0.0285. The molecule has 2 atom stereocenters. The van der Waals surface area contributed by atoms with Gasteiger partial charge in [-0.25, -0.2) is 0 Å². The van der Waals surface area contributed by atoms with Crippen LogP contribution in [0.4, 0.5) is 0 Å². The summed E-state index contributed by atoms with van der Waals surface area (Å²) in [5, 5.41) is 19.8. The number of rotatable bonds is 3. The highest BCUT2D eigenvalue weighted by atomic mass is 16.2. The maximum atomic E-state index is 12.3. The molecule has 18 heavy (non-hydrogen) atoms. The predicted molar refractivity (Wildman–Crippen MR) is 65.5 cm³/mol. The van der Waals surface area contributed by atoms with E-state index in [1.54, 1.807) is 0 Å². The Morgan fingerprint density at radius 3 is 2.94 bits per heavy atom. The standard InChI is InChI=1S/C11H20N6O/c1-7(9-14-16-17-15-9)13-10(18)8-11(2,3)5-4-6-12-8/h7-8,12H,4-6H2,1-3H3,(H,13,18)(H,14,15,16,17). The number of carbonyl (C=O) groups is 1. The van der Waals surface area contributed by atoms with Crippen molar-refractivity contribution < 1.29 is 4.79 Å². The molecule has 0 aliphatic carbocycles. The molecule has 3 N–H and O–H groups in total. The Balaban J connectivity index is 1.99. The summed E-state index contributed by atoms with van der Waals surface area (Å²) in [6.07, 6.45) is 2.16. The third kappa shape index (κ3) is 2.66. The minimum atomic E-state index is -0.240. The van der Waals surface area contributed by atoms with E-state index >= 15 is 0 Å². The predicted octanol–water partition coefficient (Wildman–Crippen LogP) is 0.155. The van der Waals surface area contributed by atoms with Crippen molar-refractivity contribution in [3.63, 3.8) is 0 Å². The molecule has 100 valence electrons. The van der Waals surface area contributed by atoms with Crippen LogP contribution in [-0.2, 0) is 4.79 Å². The summed E-state index contributed by atoms with van der Waals surface area (Å²) in [6.45, 7) is 6.96. The molecular weight excluding hydrogens is 232 g/mol. The van der Waals surface area contributed by atoms with E-state index in [9.17, 15) is 4.79 Å². The highest BCUT2D eigenvalue weighted by molar-refractivity contribution is 5.83. The first-order chi connectivity index (χ1) is 8.50. The summed E-state index contributed by atoms with van der Waals surface area (Å²) in [7, 11) is 0. The molecule has 0 aromatic carbocycles. The van der Waals surface area contributed by atoms with Crippen LogP contribution in [0.15, 0.2) is 0 Å². The number of piperidine rings is 1. The first-order valence-electron chi connectivity index (χ1n) is 6.28. The summed E-state index contributed by atoms with van der Waals surface area (Å²) in [6, 6.07) is -0.406. The third-order valence-electron chi connectivity index (χ3n) is 3.50. The fourth-order valence-corrected chi connectivity index (χ4v) is 2.37. The quantitative estimate of drug-likeness (QED) is 0.712. The molecule has 1 amide bonds. The topological polar surface area (TPSA) is 95.6 Å². The number of amides is 1. The SMILES string of the molecule is CC(NC(=O)C1NCCCC1(C)C)c1nn[nH]n1. The minimum absolute atomic E-state index is 0.00278. The van der Waals surface area contributed by atoms with Crippen LogP contribution in [0.3, 0.4) is 0 Å². The fourth-order valence-electron chi connectivity index (χ4n) is 2.37. The lowest BCUT2D eigenvalue weighted by molar-refractivity contribution is -0.127. The average molecular weight is 252 g/mol. The van der Waals surface area contributed by atoms with Gasteiger partial charge in [-0.05, 0) is 31.7 Å². The summed E-state index contributed by atoms with van der Waals surface area (Å²) in [5.74, 6) is 0.494. The van der Waals surface area contributed by atoms with E-state index in [0.717, 1.165) is 19.4 Å². The van der Waals surface area contributed by atoms with Crippen LogP contribution >= 0.6 is 0 Å². The van der Waals surface area contributed by atoms with Crippen molar-refractivity contribution in [3.05, 3.63) is 5.82 Å². The van der Waals surface area contributed by atoms with E-state index in [2.05, 4.69) is 45.1 Å². The molecule has 1 aliphatic heterocycles. The zero-order valence-corrected chi connectivity index (χ0v) is 11.0. The number of carbonyl (C=O) groups excluding carboxylic acids is 1. The van der Waals surface area contributed by atoms with E-state index < -0.39 is 0 Å². The molecule has 1 fully saturated rings. The second-order valence-corrected chi connectivity index (χ2v) is 5.48. The van der Waals surface area contributed by atoms with E-state index in [0.29, 0.717) is 5.82 Å². The van der Waals surface area contributed by atoms with Gasteiger partial charge in [0, 0.05) is 0 Å². The average Bonchev–Trinajstić information content (AvgIpc) is 2.81. The Labute approximate surface area is 106 Å². The minimum Gasteiger partial charge on any atom is -0.345 e. The van der Waals surface area contributed by atoms with Gasteiger partial charge >= 0.3 is 0 Å². The maximum absolute atomic E-state index is 12.3. The molecule has 0 saturated carbocycles. The Hall–Kier alpha value is -1.50. The van der Waals surface area contributed by atoms with Gasteiger partial charge in [0.1, 0.15) is 0 Å². The molecule has 0 spiro atoms. The van der Waals surface area contributed by atoms with Gasteiger partial charge in [0.05, 0.1) is 12.1 Å². The van der Waals surface area contributed by atoms with Crippen molar-refractivity contribution in [2.75, 3.05) is 6.54 Å². The van der Waals surface area contributed by atoms with Gasteiger partial charge in [-0.15, -0.1) is 10.2 Å². The maximum Gasteiger partial charge on any atom is 0.238 e. The number of aromatic nitrogens is 4. The molecule has 2 unspecified atom stereocenters. The molecule has 2 rings (SSSR count). The molecule has 0 bridgehead atoms. The first kappa shape index (κ1) is 12.9. The van der Waals surface area contributed by atoms with E-state index in [4.69, 9.17) is 0 Å². The van der Waals surface area contributed by atoms with Crippen LogP contribution in [0.2, 0.25) is 0 Å². The second kappa shape index (κ2) is 5.01. The van der Waals surface area contributed by atoms with E-state index in [-0.39, 0.29) is 23.4 Å². The third-order valence-corrected chi connectivity index (χ3v) is 3.50.